The zero-order valence-electron chi connectivity index (χ0n) is 15.4. The molecule has 0 amide bonds. The van der Waals surface area contributed by atoms with Crippen molar-refractivity contribution in [1.29, 1.82) is 0 Å². The summed E-state index contributed by atoms with van der Waals surface area (Å²) in [5.41, 5.74) is 0.897. The molecule has 6 nitrogen and oxygen atoms in total. The second-order valence-corrected chi connectivity index (χ2v) is 9.05. The normalized spacial score (nSPS) is 11.6. The largest absolute Gasteiger partial charge is 0.462 e. The fourth-order valence-corrected chi connectivity index (χ4v) is 4.78. The maximum atomic E-state index is 12.8. The van der Waals surface area contributed by atoms with Gasteiger partial charge in [0.1, 0.15) is 21.8 Å². The van der Waals surface area contributed by atoms with Gasteiger partial charge >= 0.3 is 5.97 Å². The van der Waals surface area contributed by atoms with Crippen LogP contribution in [0.3, 0.4) is 0 Å². The Kier molecular flexibility index (Phi) is 6.33. The van der Waals surface area contributed by atoms with Crippen molar-refractivity contribution in [1.82, 2.24) is 0 Å². The number of furan rings is 1. The van der Waals surface area contributed by atoms with Gasteiger partial charge in [-0.25, -0.2) is 13.2 Å². The lowest BCUT2D eigenvalue weighted by molar-refractivity contribution is 0.0505. The summed E-state index contributed by atoms with van der Waals surface area (Å²) in [5.74, 6) is -0.149. The molecule has 29 heavy (non-hydrogen) atoms. The third kappa shape index (κ3) is 4.48. The molecule has 0 spiro atoms. The number of fused-ring (bicyclic) bond motifs is 1. The number of benzene rings is 2. The maximum Gasteiger partial charge on any atom is 0.342 e. The van der Waals surface area contributed by atoms with E-state index in [9.17, 15) is 13.2 Å². The van der Waals surface area contributed by atoms with Gasteiger partial charge in [-0.15, -0.1) is 0 Å². The molecule has 1 heterocycles. The summed E-state index contributed by atoms with van der Waals surface area (Å²) in [7, 11) is -4.06. The molecule has 10 heteroatoms. The van der Waals surface area contributed by atoms with Crippen LogP contribution in [0.5, 0.6) is 0 Å². The van der Waals surface area contributed by atoms with Gasteiger partial charge in [0.2, 0.25) is 0 Å². The smallest absolute Gasteiger partial charge is 0.342 e. The van der Waals surface area contributed by atoms with E-state index in [0.29, 0.717) is 23.2 Å². The quantitative estimate of drug-likeness (QED) is 0.345. The van der Waals surface area contributed by atoms with Crippen molar-refractivity contribution < 1.29 is 22.4 Å². The van der Waals surface area contributed by atoms with Crippen molar-refractivity contribution in [3.63, 3.8) is 0 Å². The maximum absolute atomic E-state index is 12.8. The summed E-state index contributed by atoms with van der Waals surface area (Å²) >= 11 is 17.8. The average molecular weight is 477 g/mol. The fraction of sp³-hybridized carbons (Fsp3) is 0.211. The van der Waals surface area contributed by atoms with E-state index in [1.165, 1.54) is 24.3 Å². The van der Waals surface area contributed by atoms with E-state index in [1.54, 1.807) is 13.0 Å². The first kappa shape index (κ1) is 21.8. The number of hydrogen-bond acceptors (Lipinski definition) is 5. The number of rotatable bonds is 6. The summed E-state index contributed by atoms with van der Waals surface area (Å²) in [5, 5.41) is 0.555. The molecule has 2 aromatic carbocycles. The molecule has 0 aliphatic heterocycles. The highest BCUT2D eigenvalue weighted by Gasteiger charge is 2.23. The number of anilines is 1. The van der Waals surface area contributed by atoms with E-state index in [2.05, 4.69) is 4.72 Å². The Morgan fingerprint density at radius 1 is 1.10 bits per heavy atom. The number of esters is 1. The van der Waals surface area contributed by atoms with Crippen LogP contribution in [0.4, 0.5) is 5.69 Å². The summed E-state index contributed by atoms with van der Waals surface area (Å²) in [6, 6.07) is 6.99. The minimum absolute atomic E-state index is 0.0540. The van der Waals surface area contributed by atoms with Crippen molar-refractivity contribution in [2.45, 2.75) is 25.2 Å². The number of ether oxygens (including phenoxy) is 1. The lowest BCUT2D eigenvalue weighted by Crippen LogP contribution is -2.13. The van der Waals surface area contributed by atoms with E-state index in [1.807, 2.05) is 6.92 Å². The first-order valence-corrected chi connectivity index (χ1v) is 11.1. The van der Waals surface area contributed by atoms with Gasteiger partial charge in [0.15, 0.2) is 0 Å². The van der Waals surface area contributed by atoms with Gasteiger partial charge in [-0.2, -0.15) is 0 Å². The lowest BCUT2D eigenvalue weighted by Gasteiger charge is -2.11. The minimum atomic E-state index is -4.06. The highest BCUT2D eigenvalue weighted by Crippen LogP contribution is 2.34. The topological polar surface area (TPSA) is 85.6 Å². The summed E-state index contributed by atoms with van der Waals surface area (Å²) < 4.78 is 38.8. The summed E-state index contributed by atoms with van der Waals surface area (Å²) in [6.45, 7) is 3.80. The molecule has 154 valence electrons. The molecule has 3 aromatic rings. The first-order valence-electron chi connectivity index (χ1n) is 8.51. The highest BCUT2D eigenvalue weighted by molar-refractivity contribution is 7.92. The van der Waals surface area contributed by atoms with Crippen molar-refractivity contribution in [2.75, 3.05) is 11.3 Å². The van der Waals surface area contributed by atoms with Crippen LogP contribution in [0.2, 0.25) is 15.1 Å². The zero-order chi connectivity index (χ0) is 21.3. The molecule has 0 radical (unpaired) electrons. The van der Waals surface area contributed by atoms with Gasteiger partial charge in [-0.3, -0.25) is 4.72 Å². The number of hydrogen-bond donors (Lipinski definition) is 1. The van der Waals surface area contributed by atoms with Crippen LogP contribution in [-0.4, -0.2) is 21.0 Å². The molecule has 3 rings (SSSR count). The molecule has 0 aliphatic rings. The monoisotopic (exact) mass is 475 g/mol. The number of sulfonamides is 1. The molecule has 0 unspecified atom stereocenters. The van der Waals surface area contributed by atoms with Crippen molar-refractivity contribution >= 4 is 67.5 Å². The standard InChI is InChI=1S/C19H16Cl3NO5S/c1-3-6-27-19(24)18-10(2)28-16-5-4-11(7-12(16)18)23-29(25,26)17-9-14(21)13(20)8-15(17)22/h4-5,7-9,23H,3,6H2,1-2H3. The van der Waals surface area contributed by atoms with Crippen molar-refractivity contribution in [3.05, 3.63) is 56.7 Å². The molecular formula is C19H16Cl3NO5S. The second kappa shape index (κ2) is 8.44. The van der Waals surface area contributed by atoms with Gasteiger partial charge in [0.05, 0.1) is 21.7 Å². The van der Waals surface area contributed by atoms with Gasteiger partial charge < -0.3 is 9.15 Å². The Bertz CT molecular complexity index is 1200. The molecule has 0 fully saturated rings. The molecule has 0 bridgehead atoms. The molecule has 0 saturated heterocycles. The van der Waals surface area contributed by atoms with Gasteiger partial charge in [-0.05, 0) is 43.7 Å². The van der Waals surface area contributed by atoms with Gasteiger partial charge in [0.25, 0.3) is 10.0 Å². The Morgan fingerprint density at radius 2 is 1.79 bits per heavy atom. The average Bonchev–Trinajstić information content (AvgIpc) is 2.97. The number of halogens is 3. The lowest BCUT2D eigenvalue weighted by atomic mass is 10.1. The predicted molar refractivity (Wildman–Crippen MR) is 114 cm³/mol. The third-order valence-electron chi connectivity index (χ3n) is 4.02. The van der Waals surface area contributed by atoms with Gasteiger partial charge in [0, 0.05) is 11.1 Å². The first-order chi connectivity index (χ1) is 13.6. The molecule has 0 atom stereocenters. The summed E-state index contributed by atoms with van der Waals surface area (Å²) in [6.07, 6.45) is 0.677. The second-order valence-electron chi connectivity index (χ2n) is 6.18. The predicted octanol–water partition coefficient (Wildman–Crippen LogP) is 6.07. The van der Waals surface area contributed by atoms with E-state index in [-0.39, 0.29) is 37.8 Å². The Hall–Kier alpha value is -1.93. The van der Waals surface area contributed by atoms with Crippen LogP contribution < -0.4 is 4.72 Å². The molecular weight excluding hydrogens is 461 g/mol. The van der Waals surface area contributed by atoms with Gasteiger partial charge in [-0.1, -0.05) is 41.7 Å². The van der Waals surface area contributed by atoms with Crippen molar-refractivity contribution in [2.24, 2.45) is 0 Å². The van der Waals surface area contributed by atoms with E-state index < -0.39 is 16.0 Å². The van der Waals surface area contributed by atoms with Crippen molar-refractivity contribution in [3.8, 4) is 0 Å². The van der Waals surface area contributed by atoms with Crippen LogP contribution in [-0.2, 0) is 14.8 Å². The van der Waals surface area contributed by atoms with Crippen LogP contribution in [0.1, 0.15) is 29.5 Å². The van der Waals surface area contributed by atoms with Crippen LogP contribution >= 0.6 is 34.8 Å². The fourth-order valence-electron chi connectivity index (χ4n) is 2.72. The zero-order valence-corrected chi connectivity index (χ0v) is 18.5. The molecule has 1 N–H and O–H groups in total. The van der Waals surface area contributed by atoms with E-state index in [0.717, 1.165) is 0 Å². The Morgan fingerprint density at radius 3 is 2.48 bits per heavy atom. The van der Waals surface area contributed by atoms with Crippen LogP contribution in [0, 0.1) is 6.92 Å². The number of carbonyl (C=O) groups excluding carboxylic acids is 1. The van der Waals surface area contributed by atoms with Crippen LogP contribution in [0.15, 0.2) is 39.6 Å². The Labute approximate surface area is 182 Å². The SMILES string of the molecule is CCCOC(=O)c1c(C)oc2ccc(NS(=O)(=O)c3cc(Cl)c(Cl)cc3Cl)cc12. The third-order valence-corrected chi connectivity index (χ3v) is 6.59. The molecule has 0 saturated carbocycles. The summed E-state index contributed by atoms with van der Waals surface area (Å²) in [4.78, 5) is 12.1. The van der Waals surface area contributed by atoms with E-state index >= 15 is 0 Å². The Balaban J connectivity index is 2.01. The molecule has 0 aliphatic carbocycles. The number of nitrogens with one attached hydrogen (secondary N) is 1. The number of aryl methyl sites for hydroxylation is 1. The highest BCUT2D eigenvalue weighted by atomic mass is 35.5. The number of carbonyl (C=O) groups is 1. The van der Waals surface area contributed by atoms with E-state index in [4.69, 9.17) is 44.0 Å². The molecule has 1 aromatic heterocycles. The van der Waals surface area contributed by atoms with Crippen LogP contribution in [0.25, 0.3) is 11.0 Å². The minimum Gasteiger partial charge on any atom is -0.462 e.